The van der Waals surface area contributed by atoms with Crippen LogP contribution in [0.1, 0.15) is 11.7 Å². The van der Waals surface area contributed by atoms with Crippen LogP contribution >= 0.6 is 0 Å². The average Bonchev–Trinajstić information content (AvgIpc) is 2.53. The number of hydrogen-bond donors (Lipinski definition) is 5. The van der Waals surface area contributed by atoms with Gasteiger partial charge in [-0.3, -0.25) is 0 Å². The normalized spacial score (nSPS) is 33.1. The highest BCUT2D eigenvalue weighted by Gasteiger charge is 2.46. The van der Waals surface area contributed by atoms with Crippen molar-refractivity contribution in [2.24, 2.45) is 0 Å². The molecule has 0 radical (unpaired) electrons. The van der Waals surface area contributed by atoms with Crippen molar-refractivity contribution in [2.45, 2.75) is 37.0 Å². The molecule has 0 aromatic heterocycles. The minimum atomic E-state index is -1.70. The lowest BCUT2D eigenvalue weighted by molar-refractivity contribution is -0.430. The molecule has 0 bridgehead atoms. The zero-order valence-corrected chi connectivity index (χ0v) is 11.2. The molecule has 1 aromatic rings. The molecule has 1 aromatic carbocycles. The molecule has 1 aliphatic rings. The van der Waals surface area contributed by atoms with Crippen LogP contribution in [0.15, 0.2) is 24.3 Å². The number of hydrogen-bond acceptors (Lipinski definition) is 9. The molecular formula is C13H15NO8. The molecule has 0 aliphatic carbocycles. The van der Waals surface area contributed by atoms with Gasteiger partial charge in [0.2, 0.25) is 6.29 Å². The molecule has 9 nitrogen and oxygen atoms in total. The maximum atomic E-state index is 9.81. The Kier molecular flexibility index (Phi) is 5.28. The van der Waals surface area contributed by atoms with Gasteiger partial charge in [0.1, 0.15) is 24.1 Å². The van der Waals surface area contributed by atoms with Gasteiger partial charge in [0, 0.05) is 0 Å². The zero-order valence-electron chi connectivity index (χ0n) is 11.2. The summed E-state index contributed by atoms with van der Waals surface area (Å²) in [6.45, 7) is 0. The van der Waals surface area contributed by atoms with E-state index >= 15 is 0 Å². The zero-order chi connectivity index (χ0) is 16.3. The molecule has 0 spiro atoms. The third kappa shape index (κ3) is 3.34. The third-order valence-electron chi connectivity index (χ3n) is 3.21. The van der Waals surface area contributed by atoms with Gasteiger partial charge in [0.25, 0.3) is 0 Å². The Labute approximate surface area is 125 Å². The summed E-state index contributed by atoms with van der Waals surface area (Å²) in [5.74, 6) is 0.00156. The van der Waals surface area contributed by atoms with Gasteiger partial charge in [-0.1, -0.05) is 12.1 Å². The summed E-state index contributed by atoms with van der Waals surface area (Å²) in [6, 6.07) is 7.38. The molecular weight excluding hydrogens is 298 g/mol. The van der Waals surface area contributed by atoms with Crippen LogP contribution in [-0.2, 0) is 14.4 Å². The van der Waals surface area contributed by atoms with Gasteiger partial charge in [-0.2, -0.15) is 5.26 Å². The second kappa shape index (κ2) is 6.99. The summed E-state index contributed by atoms with van der Waals surface area (Å²) in [4.78, 5) is 3.85. The molecule has 5 N–H and O–H groups in total. The minimum Gasteiger partial charge on any atom is -0.508 e. The average molecular weight is 313 g/mol. The number of aliphatic hydroxyl groups excluding tert-OH is 3. The molecule has 1 heterocycles. The van der Waals surface area contributed by atoms with Crippen LogP contribution in [0, 0.1) is 11.3 Å². The molecule has 22 heavy (non-hydrogen) atoms. The van der Waals surface area contributed by atoms with E-state index in [-0.39, 0.29) is 5.75 Å². The van der Waals surface area contributed by atoms with Crippen LogP contribution in [-0.4, -0.2) is 56.6 Å². The van der Waals surface area contributed by atoms with Crippen molar-refractivity contribution >= 4 is 0 Å². The molecule has 120 valence electrons. The fourth-order valence-corrected chi connectivity index (χ4v) is 1.98. The molecule has 1 fully saturated rings. The maximum absolute atomic E-state index is 9.81. The van der Waals surface area contributed by atoms with Crippen molar-refractivity contribution < 1.29 is 40.0 Å². The van der Waals surface area contributed by atoms with E-state index < -0.39 is 37.0 Å². The van der Waals surface area contributed by atoms with E-state index in [1.165, 1.54) is 24.3 Å². The number of nitrogens with zero attached hydrogens (tertiary/aromatic N) is 1. The number of aromatic hydroxyl groups is 1. The van der Waals surface area contributed by atoms with E-state index in [2.05, 4.69) is 4.89 Å². The molecule has 1 saturated heterocycles. The predicted molar refractivity (Wildman–Crippen MR) is 67.9 cm³/mol. The Morgan fingerprint density at radius 2 is 1.64 bits per heavy atom. The Morgan fingerprint density at radius 1 is 1.05 bits per heavy atom. The van der Waals surface area contributed by atoms with E-state index in [0.29, 0.717) is 5.56 Å². The summed E-state index contributed by atoms with van der Waals surface area (Å²) in [7, 11) is 0. The van der Waals surface area contributed by atoms with Crippen LogP contribution < -0.4 is 0 Å². The van der Waals surface area contributed by atoms with Gasteiger partial charge in [-0.05, 0) is 17.7 Å². The highest BCUT2D eigenvalue weighted by atomic mass is 17.1. The Balaban J connectivity index is 2.13. The predicted octanol–water partition coefficient (Wildman–Crippen LogP) is -0.772. The number of aliphatic hydroxyl groups is 3. The van der Waals surface area contributed by atoms with Crippen LogP contribution in [0.2, 0.25) is 0 Å². The lowest BCUT2D eigenvalue weighted by atomic mass is 10.0. The van der Waals surface area contributed by atoms with Crippen molar-refractivity contribution in [3.8, 4) is 11.8 Å². The summed E-state index contributed by atoms with van der Waals surface area (Å²) < 4.78 is 10.2. The smallest absolute Gasteiger partial charge is 0.222 e. The SMILES string of the molecule is N#C[C@@H](O[C@@H]1O[C@H](OO)[C@@H](O)[C@H](O)[C@H]1O)c1ccc(O)cc1. The maximum Gasteiger partial charge on any atom is 0.222 e. The standard InChI is InChI=1S/C13H15NO8/c14-5-8(6-1-3-7(15)4-2-6)20-12-10(17)9(16)11(18)13(21-12)22-19/h1-4,8-13,15-19H/t8-,9-,10-,11+,12-,13-/m1/s1. The first-order valence-electron chi connectivity index (χ1n) is 6.31. The second-order valence-electron chi connectivity index (χ2n) is 4.69. The van der Waals surface area contributed by atoms with Crippen molar-refractivity contribution in [2.75, 3.05) is 0 Å². The van der Waals surface area contributed by atoms with E-state index in [9.17, 15) is 20.4 Å². The Hall–Kier alpha value is -1.77. The lowest BCUT2D eigenvalue weighted by Crippen LogP contribution is -2.58. The summed E-state index contributed by atoms with van der Waals surface area (Å²) in [5, 5.41) is 55.9. The topological polar surface area (TPSA) is 153 Å². The summed E-state index contributed by atoms with van der Waals surface area (Å²) >= 11 is 0. The Morgan fingerprint density at radius 3 is 2.18 bits per heavy atom. The second-order valence-corrected chi connectivity index (χ2v) is 4.69. The number of benzene rings is 1. The van der Waals surface area contributed by atoms with E-state index in [1.807, 2.05) is 6.07 Å². The van der Waals surface area contributed by atoms with E-state index in [1.54, 1.807) is 0 Å². The van der Waals surface area contributed by atoms with Gasteiger partial charge >= 0.3 is 0 Å². The van der Waals surface area contributed by atoms with Crippen LogP contribution in [0.3, 0.4) is 0 Å². The molecule has 2 rings (SSSR count). The van der Waals surface area contributed by atoms with Crippen LogP contribution in [0.25, 0.3) is 0 Å². The quantitative estimate of drug-likeness (QED) is 0.356. The van der Waals surface area contributed by atoms with Gasteiger partial charge < -0.3 is 29.9 Å². The highest BCUT2D eigenvalue weighted by molar-refractivity contribution is 5.29. The Bertz CT molecular complexity index is 528. The van der Waals surface area contributed by atoms with Crippen LogP contribution in [0.4, 0.5) is 0 Å². The molecule has 6 atom stereocenters. The molecule has 0 saturated carbocycles. The molecule has 1 aliphatic heterocycles. The molecule has 0 amide bonds. The number of phenols is 1. The van der Waals surface area contributed by atoms with Gasteiger partial charge in [-0.25, -0.2) is 10.1 Å². The molecule has 9 heteroatoms. The fraction of sp³-hybridized carbons (Fsp3) is 0.462. The van der Waals surface area contributed by atoms with Crippen molar-refractivity contribution in [3.05, 3.63) is 29.8 Å². The largest absolute Gasteiger partial charge is 0.508 e. The lowest BCUT2D eigenvalue weighted by Gasteiger charge is -2.39. The van der Waals surface area contributed by atoms with Gasteiger partial charge in [0.15, 0.2) is 12.4 Å². The van der Waals surface area contributed by atoms with Crippen molar-refractivity contribution in [1.29, 1.82) is 5.26 Å². The van der Waals surface area contributed by atoms with Crippen molar-refractivity contribution in [1.82, 2.24) is 0 Å². The van der Waals surface area contributed by atoms with Crippen molar-refractivity contribution in [3.63, 3.8) is 0 Å². The summed E-state index contributed by atoms with van der Waals surface area (Å²) in [6.07, 6.45) is -9.38. The number of ether oxygens (including phenoxy) is 2. The highest BCUT2D eigenvalue weighted by Crippen LogP contribution is 2.28. The number of nitriles is 1. The van der Waals surface area contributed by atoms with E-state index in [4.69, 9.17) is 20.0 Å². The first-order valence-corrected chi connectivity index (χ1v) is 6.31. The monoisotopic (exact) mass is 313 g/mol. The third-order valence-corrected chi connectivity index (χ3v) is 3.21. The number of rotatable bonds is 4. The van der Waals surface area contributed by atoms with E-state index in [0.717, 1.165) is 0 Å². The van der Waals surface area contributed by atoms with Gasteiger partial charge in [0.05, 0.1) is 6.07 Å². The first kappa shape index (κ1) is 16.6. The van der Waals surface area contributed by atoms with Gasteiger partial charge in [-0.15, -0.1) is 0 Å². The molecule has 0 unspecified atom stereocenters. The summed E-state index contributed by atoms with van der Waals surface area (Å²) in [5.41, 5.74) is 0.373. The van der Waals surface area contributed by atoms with Crippen LogP contribution in [0.5, 0.6) is 5.75 Å². The number of phenolic OH excluding ortho intramolecular Hbond substituents is 1. The first-order chi connectivity index (χ1) is 10.5. The fourth-order valence-electron chi connectivity index (χ4n) is 1.98. The minimum absolute atomic E-state index is 0.00156.